The van der Waals surface area contributed by atoms with Gasteiger partial charge in [0.1, 0.15) is 11.8 Å². The Bertz CT molecular complexity index is 1170. The number of rotatable bonds is 9. The zero-order valence-electron chi connectivity index (χ0n) is 16.5. The number of para-hydroxylation sites is 1. The van der Waals surface area contributed by atoms with Crippen molar-refractivity contribution >= 4 is 13.7 Å². The van der Waals surface area contributed by atoms with Crippen molar-refractivity contribution in [2.45, 2.75) is 12.5 Å². The van der Waals surface area contributed by atoms with E-state index in [1.54, 1.807) is 36.4 Å². The second-order valence-corrected chi connectivity index (χ2v) is 8.22. The normalized spacial score (nSPS) is 13.7. The standard InChI is InChI=1S/C21H15F5NO5P/c22-15-16(23)18(25)20(19(26)17(15)24)32-33(30,31-13-9-5-2-6-10-13)27-14(21(28)29)11-12-7-3-1-4-8-12/h1-10,14H,11H2,(H,27,30)(H,28,29)/t14-,33-/m0/s1. The lowest BCUT2D eigenvalue weighted by Gasteiger charge is -2.24. The van der Waals surface area contributed by atoms with Gasteiger partial charge in [-0.05, 0) is 24.1 Å². The predicted molar refractivity (Wildman–Crippen MR) is 106 cm³/mol. The highest BCUT2D eigenvalue weighted by Gasteiger charge is 2.39. The Morgan fingerprint density at radius 3 is 1.82 bits per heavy atom. The summed E-state index contributed by atoms with van der Waals surface area (Å²) in [6.07, 6.45) is -0.279. The molecule has 2 N–H and O–H groups in total. The molecule has 2 atom stereocenters. The number of benzene rings is 3. The van der Waals surface area contributed by atoms with Gasteiger partial charge >= 0.3 is 13.7 Å². The monoisotopic (exact) mass is 487 g/mol. The van der Waals surface area contributed by atoms with Gasteiger partial charge in [-0.15, -0.1) is 0 Å². The zero-order valence-corrected chi connectivity index (χ0v) is 17.4. The summed E-state index contributed by atoms with van der Waals surface area (Å²) in [6.45, 7) is 0. The maximum Gasteiger partial charge on any atom is 0.513 e. The van der Waals surface area contributed by atoms with Crippen LogP contribution >= 0.6 is 7.75 Å². The van der Waals surface area contributed by atoms with E-state index in [0.717, 1.165) is 0 Å². The highest BCUT2D eigenvalue weighted by atomic mass is 31.2. The van der Waals surface area contributed by atoms with Crippen LogP contribution in [0.3, 0.4) is 0 Å². The van der Waals surface area contributed by atoms with Crippen molar-refractivity contribution < 1.29 is 45.5 Å². The SMILES string of the molecule is O=C(O)[C@H](Cc1ccccc1)N[P@](=O)(Oc1ccccc1)Oc1c(F)c(F)c(F)c(F)c1F. The molecule has 0 aliphatic rings. The number of aliphatic carboxylic acids is 1. The highest BCUT2D eigenvalue weighted by molar-refractivity contribution is 7.52. The van der Waals surface area contributed by atoms with E-state index in [1.165, 1.54) is 24.3 Å². The van der Waals surface area contributed by atoms with Gasteiger partial charge in [-0.2, -0.15) is 13.9 Å². The molecule has 0 amide bonds. The number of carbonyl (C=O) groups is 1. The average molecular weight is 487 g/mol. The Balaban J connectivity index is 2.02. The average Bonchev–Trinajstić information content (AvgIpc) is 2.80. The largest absolute Gasteiger partial charge is 0.513 e. The van der Waals surface area contributed by atoms with Gasteiger partial charge in [0.15, 0.2) is 0 Å². The molecule has 33 heavy (non-hydrogen) atoms. The van der Waals surface area contributed by atoms with E-state index < -0.39 is 54.6 Å². The summed E-state index contributed by atoms with van der Waals surface area (Å²) in [5, 5.41) is 11.6. The Morgan fingerprint density at radius 1 is 0.818 bits per heavy atom. The second-order valence-electron chi connectivity index (χ2n) is 6.60. The maximum absolute atomic E-state index is 14.1. The summed E-state index contributed by atoms with van der Waals surface area (Å²) in [6, 6.07) is 13.2. The molecule has 12 heteroatoms. The van der Waals surface area contributed by atoms with Crippen LogP contribution in [0, 0.1) is 29.1 Å². The zero-order chi connectivity index (χ0) is 24.2. The number of nitrogens with one attached hydrogen (secondary N) is 1. The van der Waals surface area contributed by atoms with Gasteiger partial charge in [-0.3, -0.25) is 4.79 Å². The fourth-order valence-corrected chi connectivity index (χ4v) is 4.23. The van der Waals surface area contributed by atoms with Gasteiger partial charge in [-0.25, -0.2) is 17.7 Å². The third-order valence-corrected chi connectivity index (χ3v) is 5.75. The lowest BCUT2D eigenvalue weighted by molar-refractivity contribution is -0.139. The van der Waals surface area contributed by atoms with Crippen LogP contribution in [0.5, 0.6) is 11.5 Å². The first-order valence-electron chi connectivity index (χ1n) is 9.21. The molecule has 0 saturated heterocycles. The molecule has 6 nitrogen and oxygen atoms in total. The van der Waals surface area contributed by atoms with Crippen LogP contribution in [0.25, 0.3) is 0 Å². The van der Waals surface area contributed by atoms with Crippen molar-refractivity contribution in [1.82, 2.24) is 5.09 Å². The van der Waals surface area contributed by atoms with E-state index in [2.05, 4.69) is 4.52 Å². The minimum Gasteiger partial charge on any atom is -0.480 e. The Kier molecular flexibility index (Phi) is 7.35. The van der Waals surface area contributed by atoms with Crippen LogP contribution in [0.15, 0.2) is 60.7 Å². The van der Waals surface area contributed by atoms with Gasteiger partial charge in [-0.1, -0.05) is 48.5 Å². The molecule has 0 bridgehead atoms. The van der Waals surface area contributed by atoms with Gasteiger partial charge in [0.2, 0.25) is 34.8 Å². The highest BCUT2D eigenvalue weighted by Crippen LogP contribution is 2.47. The van der Waals surface area contributed by atoms with Crippen molar-refractivity contribution in [1.29, 1.82) is 0 Å². The molecule has 3 aromatic carbocycles. The second kappa shape index (κ2) is 10.0. The summed E-state index contributed by atoms with van der Waals surface area (Å²) in [7, 11) is -5.09. The van der Waals surface area contributed by atoms with Gasteiger partial charge in [0.25, 0.3) is 0 Å². The molecule has 0 aliphatic heterocycles. The third kappa shape index (κ3) is 5.68. The first kappa shape index (κ1) is 24.2. The molecule has 0 heterocycles. The van der Waals surface area contributed by atoms with Crippen molar-refractivity contribution in [2.75, 3.05) is 0 Å². The smallest absolute Gasteiger partial charge is 0.480 e. The molecule has 174 valence electrons. The van der Waals surface area contributed by atoms with E-state index in [-0.39, 0.29) is 12.2 Å². The van der Waals surface area contributed by atoms with Crippen LogP contribution in [-0.2, 0) is 15.8 Å². The predicted octanol–water partition coefficient (Wildman–Crippen LogP) is 5.23. The van der Waals surface area contributed by atoms with Crippen molar-refractivity contribution in [2.24, 2.45) is 0 Å². The number of hydrogen-bond donors (Lipinski definition) is 2. The maximum atomic E-state index is 14.1. The molecule has 0 unspecified atom stereocenters. The van der Waals surface area contributed by atoms with Gasteiger partial charge in [0, 0.05) is 0 Å². The quantitative estimate of drug-likeness (QED) is 0.186. The summed E-state index contributed by atoms with van der Waals surface area (Å²) in [5.74, 6) is -15.6. The van der Waals surface area contributed by atoms with E-state index in [4.69, 9.17) is 4.52 Å². The van der Waals surface area contributed by atoms with Gasteiger partial charge < -0.3 is 14.2 Å². The summed E-state index contributed by atoms with van der Waals surface area (Å²) in [5.41, 5.74) is 0.472. The fraction of sp³-hybridized carbons (Fsp3) is 0.0952. The first-order chi connectivity index (χ1) is 15.6. The molecule has 3 aromatic rings. The molecular formula is C21H15F5NO5P. The molecule has 0 saturated carbocycles. The summed E-state index contributed by atoms with van der Waals surface area (Å²) in [4.78, 5) is 11.8. The number of carboxylic acids is 1. The minimum atomic E-state index is -5.09. The van der Waals surface area contributed by atoms with Gasteiger partial charge in [0.05, 0.1) is 0 Å². The number of hydrogen-bond acceptors (Lipinski definition) is 4. The topological polar surface area (TPSA) is 84.9 Å². The molecule has 0 aromatic heterocycles. The molecule has 0 fully saturated rings. The minimum absolute atomic E-state index is 0.193. The molecule has 0 spiro atoms. The lowest BCUT2D eigenvalue weighted by Crippen LogP contribution is -2.38. The van der Waals surface area contributed by atoms with E-state index >= 15 is 0 Å². The Hall–Kier alpha value is -3.43. The van der Waals surface area contributed by atoms with E-state index in [0.29, 0.717) is 5.56 Å². The molecular weight excluding hydrogens is 472 g/mol. The van der Waals surface area contributed by atoms with E-state index in [1.807, 2.05) is 5.09 Å². The Labute approximate surface area is 184 Å². The van der Waals surface area contributed by atoms with Crippen molar-refractivity contribution in [3.8, 4) is 11.5 Å². The van der Waals surface area contributed by atoms with Crippen LogP contribution in [-0.4, -0.2) is 17.1 Å². The Morgan fingerprint density at radius 2 is 1.30 bits per heavy atom. The van der Waals surface area contributed by atoms with E-state index in [9.17, 15) is 36.4 Å². The molecule has 3 rings (SSSR count). The first-order valence-corrected chi connectivity index (χ1v) is 10.8. The summed E-state index contributed by atoms with van der Waals surface area (Å²) >= 11 is 0. The van der Waals surface area contributed by atoms with Crippen LogP contribution in [0.4, 0.5) is 22.0 Å². The van der Waals surface area contributed by atoms with Crippen molar-refractivity contribution in [3.63, 3.8) is 0 Å². The summed E-state index contributed by atoms with van der Waals surface area (Å²) < 4.78 is 92.0. The molecule has 0 aliphatic carbocycles. The lowest BCUT2D eigenvalue weighted by atomic mass is 10.1. The number of carboxylic acid groups (broad SMARTS) is 1. The van der Waals surface area contributed by atoms with Crippen LogP contribution in [0.1, 0.15) is 5.56 Å². The fourth-order valence-electron chi connectivity index (χ4n) is 2.71. The van der Waals surface area contributed by atoms with Crippen molar-refractivity contribution in [3.05, 3.63) is 95.3 Å². The molecule has 0 radical (unpaired) electrons. The van der Waals surface area contributed by atoms with Crippen LogP contribution in [0.2, 0.25) is 0 Å². The third-order valence-electron chi connectivity index (χ3n) is 4.24. The van der Waals surface area contributed by atoms with Crippen LogP contribution < -0.4 is 14.1 Å². The number of halogens is 5.